The van der Waals surface area contributed by atoms with Crippen molar-refractivity contribution in [2.24, 2.45) is 5.41 Å². The van der Waals surface area contributed by atoms with Crippen molar-refractivity contribution in [3.05, 3.63) is 17.0 Å². The number of amides is 1. The number of nitrogens with one attached hydrogen (secondary N) is 2. The van der Waals surface area contributed by atoms with Crippen LogP contribution in [-0.4, -0.2) is 34.4 Å². The number of rotatable bonds is 5. The van der Waals surface area contributed by atoms with E-state index in [1.54, 1.807) is 0 Å². The monoisotopic (exact) mass is 279 g/mol. The van der Waals surface area contributed by atoms with Crippen LogP contribution in [0.3, 0.4) is 0 Å². The van der Waals surface area contributed by atoms with Gasteiger partial charge in [0.1, 0.15) is 0 Å². The molecule has 1 saturated carbocycles. The molecule has 1 aliphatic carbocycles. The summed E-state index contributed by atoms with van der Waals surface area (Å²) in [7, 11) is 0. The molecule has 1 heterocycles. The van der Waals surface area contributed by atoms with Crippen LogP contribution in [0.1, 0.15) is 49.1 Å². The van der Waals surface area contributed by atoms with Crippen molar-refractivity contribution in [3.63, 3.8) is 0 Å². The summed E-state index contributed by atoms with van der Waals surface area (Å²) in [5, 5.41) is 19.6. The Hall–Kier alpha value is -1.36. The van der Waals surface area contributed by atoms with Gasteiger partial charge in [0.25, 0.3) is 0 Å². The van der Waals surface area contributed by atoms with Gasteiger partial charge in [-0.1, -0.05) is 19.3 Å². The molecule has 1 aromatic heterocycles. The predicted molar refractivity (Wildman–Crippen MR) is 77.4 cm³/mol. The zero-order chi connectivity index (χ0) is 14.6. The number of H-pyrrole nitrogens is 1. The number of aryl methyl sites for hydroxylation is 2. The zero-order valence-corrected chi connectivity index (χ0v) is 12.5. The topological polar surface area (TPSA) is 78.0 Å². The smallest absolute Gasteiger partial charge is 0.224 e. The van der Waals surface area contributed by atoms with Gasteiger partial charge in [-0.3, -0.25) is 9.89 Å². The van der Waals surface area contributed by atoms with Crippen LogP contribution in [0.15, 0.2) is 0 Å². The molecule has 1 fully saturated rings. The molecule has 0 unspecified atom stereocenters. The molecule has 0 atom stereocenters. The first kappa shape index (κ1) is 15.0. The van der Waals surface area contributed by atoms with E-state index in [-0.39, 0.29) is 17.9 Å². The molecule has 2 rings (SSSR count). The van der Waals surface area contributed by atoms with E-state index in [4.69, 9.17) is 0 Å². The SMILES string of the molecule is Cc1n[nH]c(C)c1CC(=O)NCC1(CO)CCCCC1. The number of aromatic amines is 1. The van der Waals surface area contributed by atoms with Gasteiger partial charge in [-0.2, -0.15) is 5.10 Å². The summed E-state index contributed by atoms with van der Waals surface area (Å²) in [6.07, 6.45) is 5.91. The lowest BCUT2D eigenvalue weighted by atomic mass is 9.74. The van der Waals surface area contributed by atoms with Gasteiger partial charge < -0.3 is 10.4 Å². The van der Waals surface area contributed by atoms with Gasteiger partial charge in [-0.25, -0.2) is 0 Å². The van der Waals surface area contributed by atoms with Crippen molar-refractivity contribution in [1.29, 1.82) is 0 Å². The fourth-order valence-electron chi connectivity index (χ4n) is 3.04. The van der Waals surface area contributed by atoms with Crippen LogP contribution in [0, 0.1) is 19.3 Å². The lowest BCUT2D eigenvalue weighted by molar-refractivity contribution is -0.121. The van der Waals surface area contributed by atoms with Crippen LogP contribution < -0.4 is 5.32 Å². The lowest BCUT2D eigenvalue weighted by Crippen LogP contribution is -2.41. The quantitative estimate of drug-likeness (QED) is 0.766. The standard InChI is InChI=1S/C15H25N3O2/c1-11-13(12(2)18-17-11)8-14(20)16-9-15(10-19)6-4-3-5-7-15/h19H,3-10H2,1-2H3,(H,16,20)(H,17,18). The maximum Gasteiger partial charge on any atom is 0.224 e. The highest BCUT2D eigenvalue weighted by molar-refractivity contribution is 5.79. The maximum absolute atomic E-state index is 12.1. The van der Waals surface area contributed by atoms with Gasteiger partial charge >= 0.3 is 0 Å². The molecule has 0 spiro atoms. The summed E-state index contributed by atoms with van der Waals surface area (Å²) in [6, 6.07) is 0. The summed E-state index contributed by atoms with van der Waals surface area (Å²) < 4.78 is 0. The van der Waals surface area contributed by atoms with Gasteiger partial charge in [0, 0.05) is 23.2 Å². The third-order valence-corrected chi connectivity index (χ3v) is 4.53. The molecule has 0 saturated heterocycles. The average Bonchev–Trinajstić information content (AvgIpc) is 2.78. The first-order valence-electron chi connectivity index (χ1n) is 7.44. The number of hydrogen-bond donors (Lipinski definition) is 3. The molecule has 1 aromatic rings. The van der Waals surface area contributed by atoms with Gasteiger partial charge in [0.15, 0.2) is 0 Å². The van der Waals surface area contributed by atoms with Crippen LogP contribution in [0.25, 0.3) is 0 Å². The highest BCUT2D eigenvalue weighted by atomic mass is 16.3. The minimum atomic E-state index is -0.103. The fourth-order valence-corrected chi connectivity index (χ4v) is 3.04. The second-order valence-corrected chi connectivity index (χ2v) is 6.08. The van der Waals surface area contributed by atoms with Crippen LogP contribution in [0.4, 0.5) is 0 Å². The first-order valence-corrected chi connectivity index (χ1v) is 7.44. The Kier molecular flexibility index (Phi) is 4.81. The van der Waals surface area contributed by atoms with Gasteiger partial charge in [0.2, 0.25) is 5.91 Å². The number of aliphatic hydroxyl groups is 1. The first-order chi connectivity index (χ1) is 9.56. The van der Waals surface area contributed by atoms with E-state index in [1.807, 2.05) is 13.8 Å². The fraction of sp³-hybridized carbons (Fsp3) is 0.733. The zero-order valence-electron chi connectivity index (χ0n) is 12.5. The Labute approximate surface area is 120 Å². The number of carbonyl (C=O) groups is 1. The molecule has 1 aliphatic rings. The van der Waals surface area contributed by atoms with Gasteiger partial charge in [0.05, 0.1) is 18.7 Å². The summed E-state index contributed by atoms with van der Waals surface area (Å²) in [5.74, 6) is 0.0102. The molecule has 3 N–H and O–H groups in total. The molecule has 112 valence electrons. The highest BCUT2D eigenvalue weighted by Gasteiger charge is 2.31. The Morgan fingerprint density at radius 1 is 1.35 bits per heavy atom. The van der Waals surface area contributed by atoms with Crippen molar-refractivity contribution in [1.82, 2.24) is 15.5 Å². The second kappa shape index (κ2) is 6.39. The van der Waals surface area contributed by atoms with E-state index in [0.717, 1.165) is 42.6 Å². The van der Waals surface area contributed by atoms with E-state index in [0.29, 0.717) is 13.0 Å². The largest absolute Gasteiger partial charge is 0.396 e. The molecular weight excluding hydrogens is 254 g/mol. The minimum Gasteiger partial charge on any atom is -0.396 e. The molecule has 0 aliphatic heterocycles. The van der Waals surface area contributed by atoms with Crippen molar-refractivity contribution < 1.29 is 9.90 Å². The van der Waals surface area contributed by atoms with Crippen LogP contribution in [0.2, 0.25) is 0 Å². The number of aromatic nitrogens is 2. The number of aliphatic hydroxyl groups excluding tert-OH is 1. The third kappa shape index (κ3) is 3.39. The molecule has 5 heteroatoms. The number of nitrogens with zero attached hydrogens (tertiary/aromatic N) is 1. The minimum absolute atomic E-state index is 0.0102. The normalized spacial score (nSPS) is 17.9. The van der Waals surface area contributed by atoms with E-state index >= 15 is 0 Å². The van der Waals surface area contributed by atoms with Crippen LogP contribution >= 0.6 is 0 Å². The summed E-state index contributed by atoms with van der Waals surface area (Å²) >= 11 is 0. The Morgan fingerprint density at radius 3 is 2.60 bits per heavy atom. The van der Waals surface area contributed by atoms with Gasteiger partial charge in [-0.05, 0) is 26.7 Å². The van der Waals surface area contributed by atoms with Crippen LogP contribution in [0.5, 0.6) is 0 Å². The molecule has 5 nitrogen and oxygen atoms in total. The Bertz CT molecular complexity index is 442. The van der Waals surface area contributed by atoms with Crippen LogP contribution in [-0.2, 0) is 11.2 Å². The Balaban J connectivity index is 1.88. The lowest BCUT2D eigenvalue weighted by Gasteiger charge is -2.35. The van der Waals surface area contributed by atoms with E-state index in [9.17, 15) is 9.90 Å². The summed E-state index contributed by atoms with van der Waals surface area (Å²) in [6.45, 7) is 4.58. The van der Waals surface area contributed by atoms with Crippen molar-refractivity contribution in [3.8, 4) is 0 Å². The molecular formula is C15H25N3O2. The number of carbonyl (C=O) groups excluding carboxylic acids is 1. The molecule has 1 amide bonds. The van der Waals surface area contributed by atoms with Gasteiger partial charge in [-0.15, -0.1) is 0 Å². The number of hydrogen-bond acceptors (Lipinski definition) is 3. The summed E-state index contributed by atoms with van der Waals surface area (Å²) in [5.41, 5.74) is 2.71. The van der Waals surface area contributed by atoms with E-state index < -0.39 is 0 Å². The maximum atomic E-state index is 12.1. The Morgan fingerprint density at radius 2 is 2.05 bits per heavy atom. The molecule has 0 bridgehead atoms. The second-order valence-electron chi connectivity index (χ2n) is 6.08. The van der Waals surface area contributed by atoms with Crippen molar-refractivity contribution in [2.45, 2.75) is 52.4 Å². The third-order valence-electron chi connectivity index (χ3n) is 4.53. The van der Waals surface area contributed by atoms with Crippen molar-refractivity contribution in [2.75, 3.05) is 13.2 Å². The molecule has 20 heavy (non-hydrogen) atoms. The molecule has 0 radical (unpaired) electrons. The summed E-state index contributed by atoms with van der Waals surface area (Å²) in [4.78, 5) is 12.1. The van der Waals surface area contributed by atoms with E-state index in [1.165, 1.54) is 6.42 Å². The highest BCUT2D eigenvalue weighted by Crippen LogP contribution is 2.35. The predicted octanol–water partition coefficient (Wildman–Crippen LogP) is 1.63. The van der Waals surface area contributed by atoms with Crippen molar-refractivity contribution >= 4 is 5.91 Å². The molecule has 0 aromatic carbocycles. The average molecular weight is 279 g/mol. The van der Waals surface area contributed by atoms with E-state index in [2.05, 4.69) is 15.5 Å².